The second-order valence-corrected chi connectivity index (χ2v) is 9.48. The minimum absolute atomic E-state index is 0.267. The summed E-state index contributed by atoms with van der Waals surface area (Å²) in [5.74, 6) is 2.33. The molecule has 2 heterocycles. The molecule has 0 N–H and O–H groups in total. The van der Waals surface area contributed by atoms with Gasteiger partial charge in [0.1, 0.15) is 5.82 Å². The number of rotatable bonds is 5. The fourth-order valence-corrected chi connectivity index (χ4v) is 4.64. The SMILES string of the molecule is Cc1nc(-c2ccccc2)nc(N2CCCN(C(=O)C3CC3)CC2)c1Cc1ccc(Cl)cc1. The number of carbonyl (C=O) groups is 1. The maximum Gasteiger partial charge on any atom is 0.225 e. The molecule has 0 spiro atoms. The van der Waals surface area contributed by atoms with Crippen molar-refractivity contribution in [1.82, 2.24) is 14.9 Å². The Morgan fingerprint density at radius 2 is 1.73 bits per heavy atom. The van der Waals surface area contributed by atoms with Gasteiger partial charge in [-0.3, -0.25) is 4.79 Å². The van der Waals surface area contributed by atoms with E-state index in [4.69, 9.17) is 21.6 Å². The Morgan fingerprint density at radius 1 is 0.970 bits per heavy atom. The Morgan fingerprint density at radius 3 is 2.45 bits per heavy atom. The normalized spacial score (nSPS) is 16.5. The summed E-state index contributed by atoms with van der Waals surface area (Å²) in [6, 6.07) is 18.1. The third kappa shape index (κ3) is 5.03. The van der Waals surface area contributed by atoms with Crippen molar-refractivity contribution in [1.29, 1.82) is 0 Å². The summed E-state index contributed by atoms with van der Waals surface area (Å²) in [5, 5.41) is 0.735. The number of amides is 1. The van der Waals surface area contributed by atoms with Crippen molar-refractivity contribution in [2.75, 3.05) is 31.1 Å². The summed E-state index contributed by atoms with van der Waals surface area (Å²) in [5.41, 5.74) is 4.32. The van der Waals surface area contributed by atoms with E-state index in [-0.39, 0.29) is 5.92 Å². The summed E-state index contributed by atoms with van der Waals surface area (Å²) in [7, 11) is 0. The van der Waals surface area contributed by atoms with Gasteiger partial charge >= 0.3 is 0 Å². The van der Waals surface area contributed by atoms with E-state index in [1.807, 2.05) is 30.3 Å². The fraction of sp³-hybridized carbons (Fsp3) is 0.370. The lowest BCUT2D eigenvalue weighted by atomic mass is 10.0. The Hall–Kier alpha value is -2.92. The maximum atomic E-state index is 12.7. The standard InChI is InChI=1S/C27H29ClN4O/c1-19-24(18-20-8-12-23(28)13-9-20)26(30-25(29-19)21-6-3-2-4-7-21)31-14-5-15-32(17-16-31)27(33)22-10-11-22/h2-4,6-9,12-13,22H,5,10-11,14-18H2,1H3. The van der Waals surface area contributed by atoms with E-state index in [1.54, 1.807) is 0 Å². The van der Waals surface area contributed by atoms with E-state index in [0.29, 0.717) is 5.91 Å². The van der Waals surface area contributed by atoms with E-state index in [9.17, 15) is 4.79 Å². The van der Waals surface area contributed by atoms with Crippen molar-refractivity contribution < 1.29 is 4.79 Å². The Kier molecular flexibility index (Phi) is 6.32. The van der Waals surface area contributed by atoms with Crippen LogP contribution in [0.2, 0.25) is 5.02 Å². The predicted octanol–water partition coefficient (Wildman–Crippen LogP) is 5.14. The number of aromatic nitrogens is 2. The average Bonchev–Trinajstić information content (AvgIpc) is 3.69. The molecule has 5 nitrogen and oxygen atoms in total. The molecule has 0 radical (unpaired) electrons. The predicted molar refractivity (Wildman–Crippen MR) is 133 cm³/mol. The molecule has 0 unspecified atom stereocenters. The van der Waals surface area contributed by atoms with Crippen LogP contribution in [0.5, 0.6) is 0 Å². The molecule has 2 fully saturated rings. The number of carbonyl (C=O) groups excluding carboxylic acids is 1. The van der Waals surface area contributed by atoms with Crippen LogP contribution in [0.4, 0.5) is 5.82 Å². The lowest BCUT2D eigenvalue weighted by Crippen LogP contribution is -2.36. The van der Waals surface area contributed by atoms with Gasteiger partial charge in [0.2, 0.25) is 5.91 Å². The molecule has 33 heavy (non-hydrogen) atoms. The van der Waals surface area contributed by atoms with E-state index in [2.05, 4.69) is 41.0 Å². The molecule has 6 heteroatoms. The van der Waals surface area contributed by atoms with E-state index < -0.39 is 0 Å². The minimum Gasteiger partial charge on any atom is -0.354 e. The number of halogens is 1. The highest BCUT2D eigenvalue weighted by Crippen LogP contribution is 2.32. The van der Waals surface area contributed by atoms with Crippen LogP contribution in [0.1, 0.15) is 36.1 Å². The largest absolute Gasteiger partial charge is 0.354 e. The molecule has 1 saturated carbocycles. The van der Waals surface area contributed by atoms with Gasteiger partial charge in [-0.2, -0.15) is 0 Å². The van der Waals surface area contributed by atoms with Crippen LogP contribution >= 0.6 is 11.6 Å². The summed E-state index contributed by atoms with van der Waals surface area (Å²) >= 11 is 6.11. The molecule has 2 aliphatic rings. The van der Waals surface area contributed by atoms with Crippen molar-refractivity contribution in [3.05, 3.63) is 76.4 Å². The van der Waals surface area contributed by atoms with E-state index in [1.165, 1.54) is 5.56 Å². The number of hydrogen-bond acceptors (Lipinski definition) is 4. The molecular formula is C27H29ClN4O. The Labute approximate surface area is 200 Å². The van der Waals surface area contributed by atoms with Crippen molar-refractivity contribution in [3.8, 4) is 11.4 Å². The lowest BCUT2D eigenvalue weighted by Gasteiger charge is -2.26. The first-order valence-corrected chi connectivity index (χ1v) is 12.2. The highest BCUT2D eigenvalue weighted by Gasteiger charge is 2.34. The quantitative estimate of drug-likeness (QED) is 0.528. The molecule has 1 amide bonds. The van der Waals surface area contributed by atoms with E-state index in [0.717, 1.165) is 85.3 Å². The van der Waals surface area contributed by atoms with E-state index >= 15 is 0 Å². The van der Waals surface area contributed by atoms with Gasteiger partial charge in [-0.15, -0.1) is 0 Å². The van der Waals surface area contributed by atoms with Crippen LogP contribution in [0.25, 0.3) is 11.4 Å². The fourth-order valence-electron chi connectivity index (χ4n) is 4.51. The molecule has 1 aliphatic carbocycles. The van der Waals surface area contributed by atoms with Crippen LogP contribution in [-0.2, 0) is 11.2 Å². The highest BCUT2D eigenvalue weighted by molar-refractivity contribution is 6.30. The molecule has 1 aromatic heterocycles. The molecule has 0 atom stereocenters. The second kappa shape index (κ2) is 9.52. The van der Waals surface area contributed by atoms with Crippen LogP contribution in [-0.4, -0.2) is 47.0 Å². The minimum atomic E-state index is 0.267. The van der Waals surface area contributed by atoms with Crippen LogP contribution in [0.3, 0.4) is 0 Å². The van der Waals surface area contributed by atoms with Crippen molar-refractivity contribution in [2.45, 2.75) is 32.6 Å². The molecule has 170 valence electrons. The molecule has 1 saturated heterocycles. The topological polar surface area (TPSA) is 49.3 Å². The lowest BCUT2D eigenvalue weighted by molar-refractivity contribution is -0.132. The zero-order chi connectivity index (χ0) is 22.8. The summed E-state index contributed by atoms with van der Waals surface area (Å²) < 4.78 is 0. The Balaban J connectivity index is 1.49. The number of benzene rings is 2. The number of nitrogens with zero attached hydrogens (tertiary/aromatic N) is 4. The molecule has 1 aliphatic heterocycles. The van der Waals surface area contributed by atoms with Gasteiger partial charge in [0, 0.05) is 60.4 Å². The molecule has 0 bridgehead atoms. The summed E-state index contributed by atoms with van der Waals surface area (Å²) in [6.07, 6.45) is 3.79. The number of aryl methyl sites for hydroxylation is 1. The molecule has 3 aromatic rings. The van der Waals surface area contributed by atoms with Gasteiger partial charge in [-0.1, -0.05) is 54.1 Å². The van der Waals surface area contributed by atoms with Crippen LogP contribution < -0.4 is 4.90 Å². The monoisotopic (exact) mass is 460 g/mol. The molecular weight excluding hydrogens is 432 g/mol. The first-order chi connectivity index (χ1) is 16.1. The van der Waals surface area contributed by atoms with Crippen LogP contribution in [0.15, 0.2) is 54.6 Å². The molecule has 2 aromatic carbocycles. The first kappa shape index (κ1) is 21.9. The van der Waals surface area contributed by atoms with Gasteiger partial charge in [-0.25, -0.2) is 9.97 Å². The smallest absolute Gasteiger partial charge is 0.225 e. The van der Waals surface area contributed by atoms with Gasteiger partial charge in [0.15, 0.2) is 5.82 Å². The van der Waals surface area contributed by atoms with Gasteiger partial charge in [0.05, 0.1) is 0 Å². The van der Waals surface area contributed by atoms with Crippen LogP contribution in [0, 0.1) is 12.8 Å². The van der Waals surface area contributed by atoms with Gasteiger partial charge in [-0.05, 0) is 43.9 Å². The second-order valence-electron chi connectivity index (χ2n) is 9.04. The third-order valence-corrected chi connectivity index (χ3v) is 6.80. The number of hydrogen-bond donors (Lipinski definition) is 0. The van der Waals surface area contributed by atoms with Gasteiger partial charge in [0.25, 0.3) is 0 Å². The third-order valence-electron chi connectivity index (χ3n) is 6.55. The van der Waals surface area contributed by atoms with Gasteiger partial charge < -0.3 is 9.80 Å². The zero-order valence-corrected chi connectivity index (χ0v) is 19.8. The first-order valence-electron chi connectivity index (χ1n) is 11.8. The highest BCUT2D eigenvalue weighted by atomic mass is 35.5. The number of anilines is 1. The molecule has 5 rings (SSSR count). The van der Waals surface area contributed by atoms with Crippen molar-refractivity contribution in [2.24, 2.45) is 5.92 Å². The van der Waals surface area contributed by atoms with Crippen molar-refractivity contribution in [3.63, 3.8) is 0 Å². The Bertz CT molecular complexity index is 1130. The average molecular weight is 461 g/mol. The summed E-state index contributed by atoms with van der Waals surface area (Å²) in [6.45, 7) is 5.32. The zero-order valence-electron chi connectivity index (χ0n) is 19.0. The summed E-state index contributed by atoms with van der Waals surface area (Å²) in [4.78, 5) is 27.0. The maximum absolute atomic E-state index is 12.7. The van der Waals surface area contributed by atoms with Crippen molar-refractivity contribution >= 4 is 23.3 Å².